The van der Waals surface area contributed by atoms with Crippen molar-refractivity contribution in [1.82, 2.24) is 9.97 Å². The minimum Gasteiger partial charge on any atom is -0.383 e. The van der Waals surface area contributed by atoms with Gasteiger partial charge in [0.25, 0.3) is 0 Å². The number of anilines is 3. The fraction of sp³-hybridized carbons (Fsp3) is 0.0500. The third-order valence-corrected chi connectivity index (χ3v) is 5.22. The lowest BCUT2D eigenvalue weighted by molar-refractivity contribution is 0.262. The Morgan fingerprint density at radius 1 is 1.07 bits per heavy atom. The third-order valence-electron chi connectivity index (χ3n) is 4.21. The average Bonchev–Trinajstić information content (AvgIpc) is 2.99. The Morgan fingerprint density at radius 2 is 1.82 bits per heavy atom. The van der Waals surface area contributed by atoms with E-state index in [9.17, 15) is 9.18 Å². The van der Waals surface area contributed by atoms with Crippen LogP contribution < -0.4 is 16.4 Å². The van der Waals surface area contributed by atoms with Gasteiger partial charge in [-0.1, -0.05) is 18.2 Å². The summed E-state index contributed by atoms with van der Waals surface area (Å²) in [6, 6.07) is 12.7. The zero-order chi connectivity index (χ0) is 19.7. The second kappa shape index (κ2) is 7.24. The predicted octanol–water partition coefficient (Wildman–Crippen LogP) is 5.03. The van der Waals surface area contributed by atoms with E-state index in [2.05, 4.69) is 20.6 Å². The van der Waals surface area contributed by atoms with E-state index in [0.717, 1.165) is 26.2 Å². The van der Waals surface area contributed by atoms with Crippen LogP contribution >= 0.6 is 11.3 Å². The van der Waals surface area contributed by atoms with Crippen molar-refractivity contribution in [3.8, 4) is 11.1 Å². The molecule has 140 valence electrons. The highest BCUT2D eigenvalue weighted by atomic mass is 32.1. The van der Waals surface area contributed by atoms with E-state index in [1.165, 1.54) is 24.5 Å². The van der Waals surface area contributed by atoms with Gasteiger partial charge in [-0.15, -0.1) is 11.3 Å². The zero-order valence-electron chi connectivity index (χ0n) is 14.9. The highest BCUT2D eigenvalue weighted by Gasteiger charge is 2.15. The molecule has 0 radical (unpaired) electrons. The number of nitrogens with one attached hydrogen (secondary N) is 2. The molecule has 0 unspecified atom stereocenters. The second-order valence-corrected chi connectivity index (χ2v) is 7.34. The van der Waals surface area contributed by atoms with Crippen molar-refractivity contribution in [1.29, 1.82) is 0 Å². The average molecular weight is 393 g/mol. The van der Waals surface area contributed by atoms with E-state index in [1.807, 2.05) is 19.1 Å². The Hall–Kier alpha value is -3.52. The summed E-state index contributed by atoms with van der Waals surface area (Å²) in [6.45, 7) is 2.01. The van der Waals surface area contributed by atoms with Crippen molar-refractivity contribution >= 4 is 44.8 Å². The number of hydrogen-bond donors (Lipinski definition) is 3. The fourth-order valence-electron chi connectivity index (χ4n) is 2.99. The van der Waals surface area contributed by atoms with Crippen molar-refractivity contribution in [2.45, 2.75) is 6.92 Å². The first-order chi connectivity index (χ1) is 13.5. The molecule has 28 heavy (non-hydrogen) atoms. The molecule has 2 amide bonds. The fourth-order valence-corrected chi connectivity index (χ4v) is 4.01. The van der Waals surface area contributed by atoms with Gasteiger partial charge in [-0.2, -0.15) is 0 Å². The van der Waals surface area contributed by atoms with Crippen molar-refractivity contribution in [2.24, 2.45) is 0 Å². The maximum absolute atomic E-state index is 13.2. The third kappa shape index (κ3) is 3.49. The molecular formula is C20H16FN5OS. The Balaban J connectivity index is 1.55. The molecule has 0 aliphatic carbocycles. The number of carbonyl (C=O) groups excluding carboxylic acids is 1. The maximum atomic E-state index is 13.2. The van der Waals surface area contributed by atoms with Crippen molar-refractivity contribution in [3.63, 3.8) is 0 Å². The van der Waals surface area contributed by atoms with Crippen LogP contribution in [0.25, 0.3) is 21.3 Å². The number of rotatable bonds is 3. The Kier molecular flexibility index (Phi) is 4.62. The largest absolute Gasteiger partial charge is 0.383 e. The first kappa shape index (κ1) is 17.9. The smallest absolute Gasteiger partial charge is 0.323 e. The molecule has 2 heterocycles. The summed E-state index contributed by atoms with van der Waals surface area (Å²) in [6.07, 6.45) is 1.46. The molecule has 6 nitrogen and oxygen atoms in total. The Labute approximate surface area is 164 Å². The molecule has 0 saturated heterocycles. The molecule has 2 aromatic carbocycles. The number of carbonyl (C=O) groups is 1. The molecule has 0 fully saturated rings. The van der Waals surface area contributed by atoms with Gasteiger partial charge < -0.3 is 16.4 Å². The Morgan fingerprint density at radius 3 is 2.57 bits per heavy atom. The van der Waals surface area contributed by atoms with Crippen LogP contribution in [0.2, 0.25) is 0 Å². The van der Waals surface area contributed by atoms with Crippen LogP contribution in [-0.2, 0) is 0 Å². The molecule has 0 atom stereocenters. The monoisotopic (exact) mass is 393 g/mol. The zero-order valence-corrected chi connectivity index (χ0v) is 15.7. The lowest BCUT2D eigenvalue weighted by Crippen LogP contribution is -2.19. The number of amides is 2. The first-order valence-electron chi connectivity index (χ1n) is 8.45. The number of aromatic nitrogens is 2. The lowest BCUT2D eigenvalue weighted by atomic mass is 10.0. The topological polar surface area (TPSA) is 92.9 Å². The Bertz CT molecular complexity index is 1170. The molecule has 8 heteroatoms. The molecule has 0 aliphatic heterocycles. The van der Waals surface area contributed by atoms with Gasteiger partial charge in [0.05, 0.1) is 5.39 Å². The number of aryl methyl sites for hydroxylation is 1. The van der Waals surface area contributed by atoms with E-state index >= 15 is 0 Å². The molecule has 4 aromatic rings. The van der Waals surface area contributed by atoms with E-state index in [0.29, 0.717) is 17.2 Å². The van der Waals surface area contributed by atoms with Gasteiger partial charge in [0.15, 0.2) is 0 Å². The molecule has 4 rings (SSSR count). The van der Waals surface area contributed by atoms with Gasteiger partial charge in [0.2, 0.25) is 0 Å². The van der Waals surface area contributed by atoms with Crippen LogP contribution in [-0.4, -0.2) is 16.0 Å². The number of halogens is 1. The summed E-state index contributed by atoms with van der Waals surface area (Å²) >= 11 is 1.56. The van der Waals surface area contributed by atoms with Crippen LogP contribution in [0.5, 0.6) is 0 Å². The van der Waals surface area contributed by atoms with E-state index in [1.54, 1.807) is 29.5 Å². The van der Waals surface area contributed by atoms with Gasteiger partial charge in [0, 0.05) is 21.8 Å². The minimum absolute atomic E-state index is 0.380. The van der Waals surface area contributed by atoms with Gasteiger partial charge in [-0.05, 0) is 42.8 Å². The molecule has 0 bridgehead atoms. The number of nitrogen functional groups attached to an aromatic ring is 1. The summed E-state index contributed by atoms with van der Waals surface area (Å²) < 4.78 is 13.2. The normalized spacial score (nSPS) is 10.8. The van der Waals surface area contributed by atoms with E-state index in [4.69, 9.17) is 5.73 Å². The summed E-state index contributed by atoms with van der Waals surface area (Å²) in [4.78, 5) is 22.4. The number of thiophene rings is 1. The summed E-state index contributed by atoms with van der Waals surface area (Å²) in [5.74, 6) is 0.0322. The molecule has 0 aliphatic rings. The summed E-state index contributed by atoms with van der Waals surface area (Å²) in [5, 5.41) is 6.16. The van der Waals surface area contributed by atoms with Crippen molar-refractivity contribution in [2.75, 3.05) is 16.4 Å². The van der Waals surface area contributed by atoms with Gasteiger partial charge in [-0.25, -0.2) is 19.2 Å². The summed E-state index contributed by atoms with van der Waals surface area (Å²) in [7, 11) is 0. The van der Waals surface area contributed by atoms with Gasteiger partial charge >= 0.3 is 6.03 Å². The molecule has 0 spiro atoms. The van der Waals surface area contributed by atoms with Crippen LogP contribution in [0.4, 0.5) is 26.4 Å². The number of benzene rings is 2. The molecule has 2 aromatic heterocycles. The molecule has 4 N–H and O–H groups in total. The first-order valence-corrected chi connectivity index (χ1v) is 9.26. The minimum atomic E-state index is -0.451. The maximum Gasteiger partial charge on any atom is 0.323 e. The van der Waals surface area contributed by atoms with Crippen LogP contribution in [0, 0.1) is 12.7 Å². The van der Waals surface area contributed by atoms with Gasteiger partial charge in [0.1, 0.15) is 22.8 Å². The second-order valence-electron chi connectivity index (χ2n) is 6.14. The number of nitrogens with zero attached hydrogens (tertiary/aromatic N) is 2. The van der Waals surface area contributed by atoms with E-state index < -0.39 is 11.8 Å². The van der Waals surface area contributed by atoms with Crippen molar-refractivity contribution < 1.29 is 9.18 Å². The number of urea groups is 1. The van der Waals surface area contributed by atoms with Crippen LogP contribution in [0.15, 0.2) is 54.9 Å². The lowest BCUT2D eigenvalue weighted by Gasteiger charge is -2.09. The predicted molar refractivity (Wildman–Crippen MR) is 111 cm³/mol. The van der Waals surface area contributed by atoms with E-state index in [-0.39, 0.29) is 0 Å². The molecule has 0 saturated carbocycles. The molecular weight excluding hydrogens is 377 g/mol. The number of fused-ring (bicyclic) bond motifs is 1. The van der Waals surface area contributed by atoms with Crippen LogP contribution in [0.3, 0.4) is 0 Å². The van der Waals surface area contributed by atoms with Crippen molar-refractivity contribution in [3.05, 3.63) is 65.6 Å². The SMILES string of the molecule is Cc1sc2ncnc(N)c2c1-c1ccc(NC(=O)Nc2cccc(F)c2)cc1. The van der Waals surface area contributed by atoms with Gasteiger partial charge in [-0.3, -0.25) is 0 Å². The number of hydrogen-bond acceptors (Lipinski definition) is 5. The highest BCUT2D eigenvalue weighted by Crippen LogP contribution is 2.39. The standard InChI is InChI=1S/C20H16FN5OS/c1-11-16(17-18(22)23-10-24-19(17)28-11)12-5-7-14(8-6-12)25-20(27)26-15-4-2-3-13(21)9-15/h2-10H,1H3,(H2,22,23,24)(H2,25,26,27). The van der Waals surface area contributed by atoms with Crippen LogP contribution in [0.1, 0.15) is 4.88 Å². The highest BCUT2D eigenvalue weighted by molar-refractivity contribution is 7.19. The summed E-state index contributed by atoms with van der Waals surface area (Å²) in [5.41, 5.74) is 8.99. The quantitative estimate of drug-likeness (QED) is 0.455. The number of nitrogens with two attached hydrogens (primary N) is 1.